The number of hydrogen-bond donors (Lipinski definition) is 0. The number of carbonyl (C=O) groups is 1. The first-order valence-electron chi connectivity index (χ1n) is 3.89. The third-order valence-electron chi connectivity index (χ3n) is 1.93. The molecular formula is C9H5Br3O2. The Hall–Kier alpha value is 0.130. The molecule has 0 saturated heterocycles. The number of carbonyl (C=O) groups excluding carboxylic acids is 1. The predicted molar refractivity (Wildman–Crippen MR) is 64.4 cm³/mol. The van der Waals surface area contributed by atoms with Crippen LogP contribution in [0.2, 0.25) is 0 Å². The highest BCUT2D eigenvalue weighted by atomic mass is 79.9. The van der Waals surface area contributed by atoms with Gasteiger partial charge in [0.25, 0.3) is 0 Å². The van der Waals surface area contributed by atoms with Gasteiger partial charge in [-0.1, -0.05) is 31.9 Å². The van der Waals surface area contributed by atoms with Crippen molar-refractivity contribution >= 4 is 53.6 Å². The van der Waals surface area contributed by atoms with Crippen molar-refractivity contribution < 1.29 is 9.53 Å². The molecule has 0 fully saturated rings. The SMILES string of the molecule is O=C1c2c(Br)cc(Br)cc2OCC1Br. The van der Waals surface area contributed by atoms with Gasteiger partial charge in [-0.05, 0) is 28.1 Å². The Labute approximate surface area is 106 Å². The number of ether oxygens (including phenoxy) is 1. The zero-order valence-electron chi connectivity index (χ0n) is 6.89. The first-order chi connectivity index (χ1) is 6.59. The number of alkyl halides is 1. The lowest BCUT2D eigenvalue weighted by atomic mass is 10.1. The summed E-state index contributed by atoms with van der Waals surface area (Å²) < 4.78 is 7.09. The third-order valence-corrected chi connectivity index (χ3v) is 3.70. The number of fused-ring (bicyclic) bond motifs is 1. The summed E-state index contributed by atoms with van der Waals surface area (Å²) in [7, 11) is 0. The van der Waals surface area contributed by atoms with Gasteiger partial charge in [-0.15, -0.1) is 0 Å². The second-order valence-corrected chi connectivity index (χ2v) is 5.78. The van der Waals surface area contributed by atoms with Gasteiger partial charge in [0.05, 0.1) is 5.56 Å². The van der Waals surface area contributed by atoms with Crippen LogP contribution in [0.1, 0.15) is 10.4 Å². The molecule has 1 atom stereocenters. The van der Waals surface area contributed by atoms with E-state index in [-0.39, 0.29) is 10.6 Å². The summed E-state index contributed by atoms with van der Waals surface area (Å²) in [5.74, 6) is 0.692. The molecule has 0 saturated carbocycles. The monoisotopic (exact) mass is 382 g/mol. The van der Waals surface area contributed by atoms with Gasteiger partial charge in [0.2, 0.25) is 0 Å². The topological polar surface area (TPSA) is 26.3 Å². The maximum atomic E-state index is 11.8. The Kier molecular flexibility index (Phi) is 3.00. The standard InChI is InChI=1S/C9H5Br3O2/c10-4-1-5(11)8-7(2-4)14-3-6(12)9(8)13/h1-2,6H,3H2. The van der Waals surface area contributed by atoms with Crippen molar-refractivity contribution in [2.75, 3.05) is 6.61 Å². The van der Waals surface area contributed by atoms with Crippen LogP contribution in [0.15, 0.2) is 21.1 Å². The van der Waals surface area contributed by atoms with E-state index < -0.39 is 0 Å². The first kappa shape index (κ1) is 10.6. The maximum Gasteiger partial charge on any atom is 0.184 e. The van der Waals surface area contributed by atoms with E-state index in [9.17, 15) is 4.79 Å². The van der Waals surface area contributed by atoms with Crippen molar-refractivity contribution in [2.45, 2.75) is 4.83 Å². The second kappa shape index (κ2) is 3.94. The summed E-state index contributed by atoms with van der Waals surface area (Å²) >= 11 is 9.96. The molecule has 0 spiro atoms. The molecule has 2 rings (SSSR count). The molecule has 2 nitrogen and oxygen atoms in total. The fourth-order valence-electron chi connectivity index (χ4n) is 1.30. The summed E-state index contributed by atoms with van der Waals surface area (Å²) in [4.78, 5) is 11.5. The molecule has 0 amide bonds. The van der Waals surface area contributed by atoms with Crippen molar-refractivity contribution in [2.24, 2.45) is 0 Å². The third kappa shape index (κ3) is 1.77. The van der Waals surface area contributed by atoms with Crippen molar-refractivity contribution in [3.8, 4) is 5.75 Å². The lowest BCUT2D eigenvalue weighted by Gasteiger charge is -2.21. The highest BCUT2D eigenvalue weighted by molar-refractivity contribution is 9.11. The Bertz CT molecular complexity index is 403. The van der Waals surface area contributed by atoms with Crippen LogP contribution in [0.4, 0.5) is 0 Å². The van der Waals surface area contributed by atoms with Gasteiger partial charge in [-0.3, -0.25) is 4.79 Å². The lowest BCUT2D eigenvalue weighted by Crippen LogP contribution is -2.28. The summed E-state index contributed by atoms with van der Waals surface area (Å²) in [6, 6.07) is 3.64. The number of hydrogen-bond acceptors (Lipinski definition) is 2. The fourth-order valence-corrected chi connectivity index (χ4v) is 3.04. The van der Waals surface area contributed by atoms with E-state index >= 15 is 0 Å². The van der Waals surface area contributed by atoms with Gasteiger partial charge in [-0.25, -0.2) is 0 Å². The van der Waals surface area contributed by atoms with Gasteiger partial charge in [0, 0.05) is 8.95 Å². The Morgan fingerprint density at radius 2 is 2.07 bits per heavy atom. The maximum absolute atomic E-state index is 11.8. The van der Waals surface area contributed by atoms with Crippen LogP contribution in [-0.4, -0.2) is 17.2 Å². The lowest BCUT2D eigenvalue weighted by molar-refractivity contribution is 0.0945. The zero-order valence-corrected chi connectivity index (χ0v) is 11.6. The minimum Gasteiger partial charge on any atom is -0.491 e. The van der Waals surface area contributed by atoms with Crippen molar-refractivity contribution in [3.63, 3.8) is 0 Å². The van der Waals surface area contributed by atoms with E-state index in [1.54, 1.807) is 6.07 Å². The minimum absolute atomic E-state index is 0.0608. The van der Waals surface area contributed by atoms with E-state index in [1.807, 2.05) is 6.07 Å². The first-order valence-corrected chi connectivity index (χ1v) is 6.40. The summed E-state index contributed by atoms with van der Waals surface area (Å²) in [5.41, 5.74) is 0.612. The van der Waals surface area contributed by atoms with E-state index in [2.05, 4.69) is 47.8 Å². The molecule has 1 aromatic carbocycles. The Morgan fingerprint density at radius 3 is 2.79 bits per heavy atom. The quantitative estimate of drug-likeness (QED) is 0.639. The number of rotatable bonds is 0. The Balaban J connectivity index is 2.60. The number of halogens is 3. The largest absolute Gasteiger partial charge is 0.491 e. The van der Waals surface area contributed by atoms with Gasteiger partial charge in [0.15, 0.2) is 5.78 Å². The Morgan fingerprint density at radius 1 is 1.36 bits per heavy atom. The van der Waals surface area contributed by atoms with Crippen molar-refractivity contribution in [1.82, 2.24) is 0 Å². The van der Waals surface area contributed by atoms with E-state index in [0.29, 0.717) is 17.9 Å². The molecule has 1 heterocycles. The summed E-state index contributed by atoms with van der Waals surface area (Å²) in [6.07, 6.45) is 0. The molecule has 1 aromatic rings. The van der Waals surface area contributed by atoms with Gasteiger partial charge < -0.3 is 4.74 Å². The van der Waals surface area contributed by atoms with Crippen LogP contribution in [0.3, 0.4) is 0 Å². The number of ketones is 1. The fraction of sp³-hybridized carbons (Fsp3) is 0.222. The number of benzene rings is 1. The molecule has 0 aliphatic carbocycles. The molecule has 1 unspecified atom stereocenters. The van der Waals surface area contributed by atoms with Gasteiger partial charge in [0.1, 0.15) is 17.2 Å². The molecule has 1 aliphatic rings. The second-order valence-electron chi connectivity index (χ2n) is 2.90. The smallest absolute Gasteiger partial charge is 0.184 e. The van der Waals surface area contributed by atoms with Crippen LogP contribution in [-0.2, 0) is 0 Å². The van der Waals surface area contributed by atoms with E-state index in [1.165, 1.54) is 0 Å². The normalized spacial score (nSPS) is 20.2. The average Bonchev–Trinajstić information content (AvgIpc) is 2.10. The predicted octanol–water partition coefficient (Wildman–Crippen LogP) is 3.55. The highest BCUT2D eigenvalue weighted by Crippen LogP contribution is 2.36. The minimum atomic E-state index is -0.243. The van der Waals surface area contributed by atoms with Crippen LogP contribution < -0.4 is 4.74 Å². The average molecular weight is 385 g/mol. The molecule has 5 heteroatoms. The molecule has 1 aliphatic heterocycles. The molecular weight excluding hydrogens is 380 g/mol. The van der Waals surface area contributed by atoms with Gasteiger partial charge in [-0.2, -0.15) is 0 Å². The van der Waals surface area contributed by atoms with Crippen LogP contribution in [0.25, 0.3) is 0 Å². The zero-order chi connectivity index (χ0) is 10.3. The van der Waals surface area contributed by atoms with Gasteiger partial charge >= 0.3 is 0 Å². The highest BCUT2D eigenvalue weighted by Gasteiger charge is 2.28. The molecule has 0 radical (unpaired) electrons. The number of Topliss-reactive ketones (excluding diaryl/α,β-unsaturated/α-hetero) is 1. The molecule has 0 N–H and O–H groups in total. The molecule has 0 bridgehead atoms. The van der Waals surface area contributed by atoms with E-state index in [4.69, 9.17) is 4.74 Å². The summed E-state index contributed by atoms with van der Waals surface area (Å²) in [6.45, 7) is 0.384. The van der Waals surface area contributed by atoms with Crippen LogP contribution in [0, 0.1) is 0 Å². The molecule has 14 heavy (non-hydrogen) atoms. The van der Waals surface area contributed by atoms with Crippen molar-refractivity contribution in [3.05, 3.63) is 26.6 Å². The van der Waals surface area contributed by atoms with Crippen LogP contribution >= 0.6 is 47.8 Å². The van der Waals surface area contributed by atoms with Crippen molar-refractivity contribution in [1.29, 1.82) is 0 Å². The molecule has 0 aromatic heterocycles. The molecule has 74 valence electrons. The summed E-state index contributed by atoms with van der Waals surface area (Å²) in [5, 5.41) is 0. The van der Waals surface area contributed by atoms with Crippen LogP contribution in [0.5, 0.6) is 5.75 Å². The van der Waals surface area contributed by atoms with E-state index in [0.717, 1.165) is 8.95 Å².